The zero-order valence-electron chi connectivity index (χ0n) is 15.3. The topological polar surface area (TPSA) is 51.7 Å². The number of carbonyl (C=O) groups excluding carboxylic acids is 1. The third-order valence-electron chi connectivity index (χ3n) is 5.13. The Balaban J connectivity index is 1.39. The van der Waals surface area contributed by atoms with Crippen LogP contribution in [-0.4, -0.2) is 35.5 Å². The number of aromatic nitrogens is 1. The van der Waals surface area contributed by atoms with Crippen LogP contribution in [0.1, 0.15) is 41.4 Å². The van der Waals surface area contributed by atoms with Crippen molar-refractivity contribution in [3.05, 3.63) is 52.3 Å². The summed E-state index contributed by atoms with van der Waals surface area (Å²) in [6.07, 6.45) is 2.83. The van der Waals surface area contributed by atoms with Crippen molar-refractivity contribution in [1.29, 1.82) is 0 Å². The molecule has 2 aromatic heterocycles. The van der Waals surface area contributed by atoms with Crippen molar-refractivity contribution >= 4 is 28.6 Å². The summed E-state index contributed by atoms with van der Waals surface area (Å²) in [6, 6.07) is 10.2. The van der Waals surface area contributed by atoms with Crippen LogP contribution >= 0.6 is 22.7 Å². The molecule has 1 amide bonds. The SMILES string of the molecule is O=C(c1csc(-c2cccs2)n1)N1CCC[C@@H]1c1ccc2c(c1)OCCCO2. The van der Waals surface area contributed by atoms with E-state index in [1.165, 1.54) is 11.3 Å². The third kappa shape index (κ3) is 3.29. The van der Waals surface area contributed by atoms with E-state index in [2.05, 4.69) is 11.1 Å². The van der Waals surface area contributed by atoms with Gasteiger partial charge in [0, 0.05) is 18.3 Å². The van der Waals surface area contributed by atoms with Gasteiger partial charge in [-0.2, -0.15) is 0 Å². The Labute approximate surface area is 171 Å². The maximum Gasteiger partial charge on any atom is 0.273 e. The zero-order chi connectivity index (χ0) is 18.9. The largest absolute Gasteiger partial charge is 0.490 e. The minimum absolute atomic E-state index is 0.00803. The number of fused-ring (bicyclic) bond motifs is 1. The van der Waals surface area contributed by atoms with Crippen LogP contribution in [0.3, 0.4) is 0 Å². The number of benzene rings is 1. The second kappa shape index (κ2) is 7.56. The van der Waals surface area contributed by atoms with E-state index in [1.54, 1.807) is 11.3 Å². The molecule has 0 saturated carbocycles. The van der Waals surface area contributed by atoms with Gasteiger partial charge in [-0.3, -0.25) is 4.79 Å². The summed E-state index contributed by atoms with van der Waals surface area (Å²) in [5.41, 5.74) is 1.64. The zero-order valence-corrected chi connectivity index (χ0v) is 16.9. The summed E-state index contributed by atoms with van der Waals surface area (Å²) in [5.74, 6) is 1.58. The number of carbonyl (C=O) groups is 1. The molecule has 1 saturated heterocycles. The maximum atomic E-state index is 13.2. The molecule has 4 heterocycles. The molecule has 0 aliphatic carbocycles. The van der Waals surface area contributed by atoms with Crippen molar-refractivity contribution in [3.8, 4) is 21.4 Å². The van der Waals surface area contributed by atoms with Gasteiger partial charge in [-0.15, -0.1) is 22.7 Å². The van der Waals surface area contributed by atoms with Crippen LogP contribution in [-0.2, 0) is 0 Å². The molecule has 2 aliphatic heterocycles. The van der Waals surface area contributed by atoms with Gasteiger partial charge in [0.25, 0.3) is 5.91 Å². The molecule has 7 heteroatoms. The van der Waals surface area contributed by atoms with Gasteiger partial charge < -0.3 is 14.4 Å². The molecule has 1 fully saturated rings. The number of thiophene rings is 1. The summed E-state index contributed by atoms with van der Waals surface area (Å²) in [7, 11) is 0. The number of nitrogens with zero attached hydrogens (tertiary/aromatic N) is 2. The molecule has 144 valence electrons. The highest BCUT2D eigenvalue weighted by molar-refractivity contribution is 7.20. The predicted octanol–water partition coefficient (Wildman–Crippen LogP) is 5.01. The molecular weight excluding hydrogens is 392 g/mol. The van der Waals surface area contributed by atoms with Crippen molar-refractivity contribution in [1.82, 2.24) is 9.88 Å². The highest BCUT2D eigenvalue weighted by Crippen LogP contribution is 2.39. The lowest BCUT2D eigenvalue weighted by Crippen LogP contribution is -2.30. The van der Waals surface area contributed by atoms with Crippen LogP contribution in [0.4, 0.5) is 0 Å². The fourth-order valence-corrected chi connectivity index (χ4v) is 5.38. The van der Waals surface area contributed by atoms with Crippen LogP contribution in [0, 0.1) is 0 Å². The summed E-state index contributed by atoms with van der Waals surface area (Å²) in [5, 5.41) is 4.81. The third-order valence-corrected chi connectivity index (χ3v) is 7.01. The number of hydrogen-bond acceptors (Lipinski definition) is 6. The van der Waals surface area contributed by atoms with Crippen LogP contribution in [0.2, 0.25) is 0 Å². The first-order chi connectivity index (χ1) is 13.8. The molecule has 5 rings (SSSR count). The molecule has 3 aromatic rings. The van der Waals surface area contributed by atoms with Crippen LogP contribution in [0.15, 0.2) is 41.1 Å². The quantitative estimate of drug-likeness (QED) is 0.607. The molecular formula is C21H20N2O3S2. The Hall–Kier alpha value is -2.38. The number of rotatable bonds is 3. The lowest BCUT2D eigenvalue weighted by molar-refractivity contribution is 0.0730. The van der Waals surface area contributed by atoms with Crippen molar-refractivity contribution in [2.24, 2.45) is 0 Å². The molecule has 0 spiro atoms. The molecule has 5 nitrogen and oxygen atoms in total. The highest BCUT2D eigenvalue weighted by atomic mass is 32.1. The first-order valence-corrected chi connectivity index (χ1v) is 11.3. The molecule has 2 aliphatic rings. The van der Waals surface area contributed by atoms with E-state index in [0.29, 0.717) is 18.9 Å². The monoisotopic (exact) mass is 412 g/mol. The Bertz CT molecular complexity index is 983. The highest BCUT2D eigenvalue weighted by Gasteiger charge is 2.32. The van der Waals surface area contributed by atoms with Gasteiger partial charge in [0.1, 0.15) is 10.7 Å². The van der Waals surface area contributed by atoms with E-state index < -0.39 is 0 Å². The Kier molecular flexibility index (Phi) is 4.78. The van der Waals surface area contributed by atoms with Gasteiger partial charge in [-0.1, -0.05) is 12.1 Å². The van der Waals surface area contributed by atoms with E-state index in [0.717, 1.165) is 52.8 Å². The minimum Gasteiger partial charge on any atom is -0.490 e. The standard InChI is InChI=1S/C21H20N2O3S2/c24-21(15-13-28-20(22-15)19-5-2-11-27-19)23-8-1-4-16(23)14-6-7-17-18(12-14)26-10-3-9-25-17/h2,5-7,11-13,16H,1,3-4,8-10H2/t16-/m1/s1. The van der Waals surface area contributed by atoms with Crippen LogP contribution in [0.25, 0.3) is 9.88 Å². The predicted molar refractivity (Wildman–Crippen MR) is 110 cm³/mol. The second-order valence-corrected chi connectivity index (χ2v) is 8.73. The van der Waals surface area contributed by atoms with E-state index in [1.807, 2.05) is 39.9 Å². The summed E-state index contributed by atoms with van der Waals surface area (Å²) < 4.78 is 11.6. The fourth-order valence-electron chi connectivity index (χ4n) is 3.78. The van der Waals surface area contributed by atoms with E-state index >= 15 is 0 Å². The molecule has 0 bridgehead atoms. The van der Waals surface area contributed by atoms with Crippen LogP contribution < -0.4 is 9.47 Å². The number of ether oxygens (including phenoxy) is 2. The van der Waals surface area contributed by atoms with E-state index in [4.69, 9.17) is 9.47 Å². The molecule has 28 heavy (non-hydrogen) atoms. The molecule has 0 unspecified atom stereocenters. The van der Waals surface area contributed by atoms with Gasteiger partial charge in [0.15, 0.2) is 11.5 Å². The first kappa shape index (κ1) is 17.7. The minimum atomic E-state index is 0.00803. The molecule has 0 N–H and O–H groups in total. The van der Waals surface area contributed by atoms with E-state index in [9.17, 15) is 4.79 Å². The van der Waals surface area contributed by atoms with Gasteiger partial charge in [-0.05, 0) is 42.0 Å². The number of likely N-dealkylation sites (tertiary alicyclic amines) is 1. The second-order valence-electron chi connectivity index (χ2n) is 6.93. The summed E-state index contributed by atoms with van der Waals surface area (Å²) >= 11 is 3.17. The van der Waals surface area contributed by atoms with E-state index in [-0.39, 0.29) is 11.9 Å². The summed E-state index contributed by atoms with van der Waals surface area (Å²) in [4.78, 5) is 20.8. The normalized spacial score (nSPS) is 18.9. The van der Waals surface area contributed by atoms with Gasteiger partial charge in [0.2, 0.25) is 0 Å². The Morgan fingerprint density at radius 3 is 2.86 bits per heavy atom. The Morgan fingerprint density at radius 2 is 2.00 bits per heavy atom. The average molecular weight is 413 g/mol. The van der Waals surface area contributed by atoms with Crippen molar-refractivity contribution < 1.29 is 14.3 Å². The number of hydrogen-bond donors (Lipinski definition) is 0. The fraction of sp³-hybridized carbons (Fsp3) is 0.333. The van der Waals surface area contributed by atoms with Crippen LogP contribution in [0.5, 0.6) is 11.5 Å². The smallest absolute Gasteiger partial charge is 0.273 e. The van der Waals surface area contributed by atoms with Crippen molar-refractivity contribution in [2.45, 2.75) is 25.3 Å². The van der Waals surface area contributed by atoms with Gasteiger partial charge >= 0.3 is 0 Å². The van der Waals surface area contributed by atoms with Gasteiger partial charge in [0.05, 0.1) is 24.1 Å². The van der Waals surface area contributed by atoms with Gasteiger partial charge in [-0.25, -0.2) is 4.98 Å². The number of thiazole rings is 1. The van der Waals surface area contributed by atoms with Crippen molar-refractivity contribution in [3.63, 3.8) is 0 Å². The average Bonchev–Trinajstić information content (AvgIpc) is 3.46. The summed E-state index contributed by atoms with van der Waals surface area (Å²) in [6.45, 7) is 2.09. The maximum absolute atomic E-state index is 13.2. The lowest BCUT2D eigenvalue weighted by atomic mass is 10.0. The molecule has 1 aromatic carbocycles. The molecule has 1 atom stereocenters. The lowest BCUT2D eigenvalue weighted by Gasteiger charge is -2.25. The first-order valence-electron chi connectivity index (χ1n) is 9.49. The molecule has 0 radical (unpaired) electrons. The van der Waals surface area contributed by atoms with Crippen molar-refractivity contribution in [2.75, 3.05) is 19.8 Å². The number of amides is 1. The Morgan fingerprint density at radius 1 is 1.11 bits per heavy atom.